The van der Waals surface area contributed by atoms with Crippen LogP contribution < -0.4 is 10.6 Å². The number of rotatable bonds is 8. The lowest BCUT2D eigenvalue weighted by Crippen LogP contribution is -2.38. The van der Waals surface area contributed by atoms with Gasteiger partial charge in [0.2, 0.25) is 5.95 Å². The Morgan fingerprint density at radius 2 is 1.78 bits per heavy atom. The van der Waals surface area contributed by atoms with Crippen LogP contribution in [0.3, 0.4) is 0 Å². The van der Waals surface area contributed by atoms with Crippen LogP contribution in [-0.4, -0.2) is 51.8 Å². The minimum absolute atomic E-state index is 0.0987. The van der Waals surface area contributed by atoms with E-state index in [9.17, 15) is 13.2 Å². The molecule has 2 N–H and O–H groups in total. The maximum absolute atomic E-state index is 13.4. The number of aromatic nitrogens is 4. The molecule has 0 radical (unpaired) electrons. The lowest BCUT2D eigenvalue weighted by Gasteiger charge is -2.28. The lowest BCUT2D eigenvalue weighted by molar-refractivity contribution is 0.109. The molecule has 2 heterocycles. The van der Waals surface area contributed by atoms with Crippen molar-refractivity contribution in [1.82, 2.24) is 25.3 Å². The zero-order valence-electron chi connectivity index (χ0n) is 20.8. The fourth-order valence-corrected chi connectivity index (χ4v) is 7.61. The number of nitrogens with zero attached hydrogens (tertiary/aromatic N) is 4. The number of amides is 1. The minimum atomic E-state index is -3.47. The van der Waals surface area contributed by atoms with E-state index >= 15 is 0 Å². The van der Waals surface area contributed by atoms with Crippen LogP contribution in [0.2, 0.25) is 0 Å². The highest BCUT2D eigenvalue weighted by molar-refractivity contribution is 7.92. The molecule has 12 heteroatoms. The third-order valence-corrected chi connectivity index (χ3v) is 10.0. The molecule has 0 bridgehead atoms. The fraction of sp³-hybridized carbons (Fsp3) is 0.480. The number of ether oxygens (including phenoxy) is 1. The van der Waals surface area contributed by atoms with E-state index in [4.69, 9.17) is 4.74 Å². The summed E-state index contributed by atoms with van der Waals surface area (Å²) in [5, 5.41) is 6.68. The molecule has 5 rings (SSSR count). The van der Waals surface area contributed by atoms with Crippen molar-refractivity contribution >= 4 is 38.9 Å². The van der Waals surface area contributed by atoms with Crippen LogP contribution >= 0.6 is 11.3 Å². The number of nitrogens with one attached hydrogen (secondary N) is 2. The van der Waals surface area contributed by atoms with E-state index in [2.05, 4.69) is 30.6 Å². The van der Waals surface area contributed by atoms with Crippen molar-refractivity contribution in [1.29, 1.82) is 0 Å². The quantitative estimate of drug-likeness (QED) is 0.410. The van der Waals surface area contributed by atoms with Gasteiger partial charge in [0.25, 0.3) is 0 Å². The average molecular weight is 543 g/mol. The summed E-state index contributed by atoms with van der Waals surface area (Å²) in [6.07, 6.45) is 8.91. The Labute approximate surface area is 220 Å². The standard InChI is InChI=1S/C25H30N6O4S2/c1-15(2)35-25(32)31-17-5-3-16(4-6-17)23-27-12-21(36-23)20-10-7-18(30-24-28-13-26-14-29-24)11-22(20)37(33,34)19-8-9-19/h7,10-17,19H,3-6,8-9H2,1-2H3,(H,31,32)(H,26,28,29,30). The van der Waals surface area contributed by atoms with E-state index in [0.717, 1.165) is 35.6 Å². The van der Waals surface area contributed by atoms with Gasteiger partial charge in [0.15, 0.2) is 9.84 Å². The third-order valence-electron chi connectivity index (χ3n) is 6.53. The Bertz CT molecular complexity index is 1350. The summed E-state index contributed by atoms with van der Waals surface area (Å²) in [6.45, 7) is 3.66. The van der Waals surface area contributed by atoms with Crippen LogP contribution in [0.15, 0.2) is 41.9 Å². The number of thiazole rings is 1. The summed E-state index contributed by atoms with van der Waals surface area (Å²) in [4.78, 5) is 29.7. The Morgan fingerprint density at radius 3 is 2.46 bits per heavy atom. The van der Waals surface area contributed by atoms with Gasteiger partial charge in [-0.2, -0.15) is 0 Å². The van der Waals surface area contributed by atoms with Crippen molar-refractivity contribution < 1.29 is 17.9 Å². The van der Waals surface area contributed by atoms with E-state index in [-0.39, 0.29) is 29.4 Å². The number of benzene rings is 1. The van der Waals surface area contributed by atoms with Gasteiger partial charge >= 0.3 is 6.09 Å². The maximum Gasteiger partial charge on any atom is 0.407 e. The highest BCUT2D eigenvalue weighted by atomic mass is 32.2. The second-order valence-electron chi connectivity index (χ2n) is 9.75. The van der Waals surface area contributed by atoms with Crippen LogP contribution in [0.5, 0.6) is 0 Å². The molecule has 0 aliphatic heterocycles. The molecule has 0 atom stereocenters. The summed E-state index contributed by atoms with van der Waals surface area (Å²) >= 11 is 1.55. The Morgan fingerprint density at radius 1 is 1.05 bits per heavy atom. The first-order valence-electron chi connectivity index (χ1n) is 12.5. The predicted octanol–water partition coefficient (Wildman–Crippen LogP) is 4.84. The zero-order valence-corrected chi connectivity index (χ0v) is 22.4. The highest BCUT2D eigenvalue weighted by Gasteiger charge is 2.39. The number of carbonyl (C=O) groups excluding carboxylic acids is 1. The van der Waals surface area contributed by atoms with Gasteiger partial charge in [-0.15, -0.1) is 11.3 Å². The SMILES string of the molecule is CC(C)OC(=O)NC1CCC(c2ncc(-c3ccc(Nc4ncncn4)cc3S(=O)(=O)C3CC3)s2)CC1. The van der Waals surface area contributed by atoms with Crippen molar-refractivity contribution in [3.8, 4) is 10.4 Å². The van der Waals surface area contributed by atoms with Crippen molar-refractivity contribution in [3.05, 3.63) is 42.1 Å². The second-order valence-corrected chi connectivity index (χ2v) is 13.0. The first kappa shape index (κ1) is 25.5. The monoisotopic (exact) mass is 542 g/mol. The summed E-state index contributed by atoms with van der Waals surface area (Å²) in [5.41, 5.74) is 1.27. The van der Waals surface area contributed by atoms with Gasteiger partial charge in [-0.25, -0.2) is 33.1 Å². The normalized spacial score (nSPS) is 20.0. The molecule has 2 saturated carbocycles. The van der Waals surface area contributed by atoms with Crippen molar-refractivity contribution in [3.63, 3.8) is 0 Å². The molecule has 196 valence electrons. The van der Waals surface area contributed by atoms with Crippen LogP contribution in [0, 0.1) is 0 Å². The molecule has 0 unspecified atom stereocenters. The van der Waals surface area contributed by atoms with Gasteiger partial charge < -0.3 is 15.4 Å². The number of carbonyl (C=O) groups is 1. The molecule has 0 spiro atoms. The molecular formula is C25H30N6O4S2. The molecule has 1 aromatic carbocycles. The summed E-state index contributed by atoms with van der Waals surface area (Å²) < 4.78 is 31.9. The largest absolute Gasteiger partial charge is 0.447 e. The van der Waals surface area contributed by atoms with Gasteiger partial charge in [0.1, 0.15) is 12.7 Å². The predicted molar refractivity (Wildman–Crippen MR) is 141 cm³/mol. The minimum Gasteiger partial charge on any atom is -0.447 e. The molecule has 3 aromatic rings. The molecule has 2 aliphatic rings. The first-order valence-corrected chi connectivity index (χ1v) is 14.9. The van der Waals surface area contributed by atoms with Crippen LogP contribution in [-0.2, 0) is 14.6 Å². The summed E-state index contributed by atoms with van der Waals surface area (Å²) in [5.74, 6) is 0.631. The van der Waals surface area contributed by atoms with E-state index in [0.29, 0.717) is 34.9 Å². The third kappa shape index (κ3) is 6.07. The molecule has 2 fully saturated rings. The van der Waals surface area contributed by atoms with Gasteiger partial charge in [0, 0.05) is 29.4 Å². The summed E-state index contributed by atoms with van der Waals surface area (Å²) in [7, 11) is -3.47. The van der Waals surface area contributed by atoms with E-state index in [1.54, 1.807) is 23.6 Å². The Balaban J connectivity index is 1.33. The molecule has 2 aliphatic carbocycles. The maximum atomic E-state index is 13.4. The molecule has 0 saturated heterocycles. The number of alkyl carbamates (subject to hydrolysis) is 1. The summed E-state index contributed by atoms with van der Waals surface area (Å²) in [6, 6.07) is 5.43. The lowest BCUT2D eigenvalue weighted by atomic mass is 9.86. The van der Waals surface area contributed by atoms with Gasteiger partial charge in [-0.1, -0.05) is 6.07 Å². The van der Waals surface area contributed by atoms with Gasteiger partial charge in [-0.05, 0) is 64.5 Å². The average Bonchev–Trinajstić information content (AvgIpc) is 3.63. The smallest absolute Gasteiger partial charge is 0.407 e. The van der Waals surface area contributed by atoms with Crippen molar-refractivity contribution in [2.45, 2.75) is 80.6 Å². The topological polar surface area (TPSA) is 136 Å². The molecule has 10 nitrogen and oxygen atoms in total. The van der Waals surface area contributed by atoms with Gasteiger partial charge in [0.05, 0.1) is 26.1 Å². The number of sulfone groups is 1. The van der Waals surface area contributed by atoms with E-state index in [1.165, 1.54) is 12.7 Å². The Kier molecular flexibility index (Phi) is 7.38. The van der Waals surface area contributed by atoms with Gasteiger partial charge in [-0.3, -0.25) is 0 Å². The van der Waals surface area contributed by atoms with Crippen molar-refractivity contribution in [2.75, 3.05) is 5.32 Å². The molecule has 2 aromatic heterocycles. The van der Waals surface area contributed by atoms with E-state index in [1.807, 2.05) is 26.0 Å². The fourth-order valence-electron chi connectivity index (χ4n) is 4.53. The number of hydrogen-bond donors (Lipinski definition) is 2. The number of anilines is 2. The van der Waals surface area contributed by atoms with Crippen LogP contribution in [0.4, 0.5) is 16.4 Å². The molecule has 37 heavy (non-hydrogen) atoms. The molecule has 1 amide bonds. The zero-order chi connectivity index (χ0) is 26.0. The molecular weight excluding hydrogens is 512 g/mol. The van der Waals surface area contributed by atoms with Crippen LogP contribution in [0.1, 0.15) is 63.3 Å². The van der Waals surface area contributed by atoms with E-state index < -0.39 is 9.84 Å². The highest BCUT2D eigenvalue weighted by Crippen LogP contribution is 2.43. The first-order chi connectivity index (χ1) is 17.8. The number of hydrogen-bond acceptors (Lipinski definition) is 10. The second kappa shape index (κ2) is 10.7. The van der Waals surface area contributed by atoms with Crippen molar-refractivity contribution in [2.24, 2.45) is 0 Å². The van der Waals surface area contributed by atoms with Crippen LogP contribution in [0.25, 0.3) is 10.4 Å². The Hall–Kier alpha value is -3.12.